The van der Waals surface area contributed by atoms with E-state index in [1.807, 2.05) is 26.0 Å². The van der Waals surface area contributed by atoms with Crippen molar-refractivity contribution in [3.63, 3.8) is 0 Å². The SMILES string of the molecule is C=C(C)[C@]12C[C@@H](C)C34OC(/C=C/C=C/CCCCC)(O[C@@H]1[C@@H]3[C@@H]1O[C@]1(CO)[C@@H](O)[C@]1(O)C(=O)C(C)=C[C@@H]41)O2. The van der Waals surface area contributed by atoms with Gasteiger partial charge in [0.25, 0.3) is 0 Å². The van der Waals surface area contributed by atoms with Gasteiger partial charge >= 0.3 is 5.97 Å². The molecule has 8 heteroatoms. The Bertz CT molecular complexity index is 1140. The lowest BCUT2D eigenvalue weighted by Crippen LogP contribution is -2.72. The third-order valence-electron chi connectivity index (χ3n) is 10.2. The van der Waals surface area contributed by atoms with Crippen LogP contribution >= 0.6 is 0 Å². The summed E-state index contributed by atoms with van der Waals surface area (Å²) in [6, 6.07) is 0. The van der Waals surface area contributed by atoms with Gasteiger partial charge in [0.15, 0.2) is 11.4 Å². The molecule has 0 amide bonds. The first-order valence-corrected chi connectivity index (χ1v) is 14.0. The Labute approximate surface area is 224 Å². The topological polar surface area (TPSA) is 118 Å². The second kappa shape index (κ2) is 8.43. The van der Waals surface area contributed by atoms with E-state index in [1.54, 1.807) is 19.1 Å². The number of ketones is 1. The van der Waals surface area contributed by atoms with Crippen molar-refractivity contribution >= 4 is 5.78 Å². The van der Waals surface area contributed by atoms with Gasteiger partial charge in [-0.05, 0) is 50.2 Å². The van der Waals surface area contributed by atoms with Gasteiger partial charge in [0.1, 0.15) is 29.5 Å². The molecular formula is C30H40O8. The number of carbonyl (C=O) groups excluding carboxylic acids is 1. The maximum Gasteiger partial charge on any atom is 0.306 e. The van der Waals surface area contributed by atoms with E-state index in [0.717, 1.165) is 24.8 Å². The zero-order chi connectivity index (χ0) is 27.3. The number of Topliss-reactive ketones (excluding diaryl/α,β-unsaturated/α-hetero) is 1. The van der Waals surface area contributed by atoms with Crippen LogP contribution in [0.3, 0.4) is 0 Å². The van der Waals surface area contributed by atoms with Crippen LogP contribution in [0.2, 0.25) is 0 Å². The molecule has 2 saturated carbocycles. The van der Waals surface area contributed by atoms with Crippen LogP contribution in [-0.2, 0) is 23.7 Å². The molecule has 3 aliphatic carbocycles. The summed E-state index contributed by atoms with van der Waals surface area (Å²) in [4.78, 5) is 13.5. The third-order valence-corrected chi connectivity index (χ3v) is 10.2. The maximum absolute atomic E-state index is 13.5. The molecule has 0 aromatic carbocycles. The highest BCUT2D eigenvalue weighted by Gasteiger charge is 2.88. The maximum atomic E-state index is 13.5. The minimum absolute atomic E-state index is 0.235. The number of fused-ring (bicyclic) bond motifs is 3. The molecule has 3 N–H and O–H groups in total. The largest absolute Gasteiger partial charge is 0.393 e. The van der Waals surface area contributed by atoms with Crippen molar-refractivity contribution < 1.29 is 39.1 Å². The fourth-order valence-corrected chi connectivity index (χ4v) is 8.28. The van der Waals surface area contributed by atoms with E-state index in [1.165, 1.54) is 6.42 Å². The number of hydrogen-bond donors (Lipinski definition) is 3. The van der Waals surface area contributed by atoms with Crippen molar-refractivity contribution in [2.24, 2.45) is 17.8 Å². The number of aliphatic hydroxyl groups excluding tert-OH is 2. The molecule has 0 aromatic rings. The second-order valence-corrected chi connectivity index (χ2v) is 12.3. The number of epoxide rings is 1. The Balaban J connectivity index is 1.48. The quantitative estimate of drug-likeness (QED) is 0.191. The molecule has 208 valence electrons. The summed E-state index contributed by atoms with van der Waals surface area (Å²) in [5, 5.41) is 34.1. The van der Waals surface area contributed by atoms with Crippen LogP contribution in [0.1, 0.15) is 59.8 Å². The van der Waals surface area contributed by atoms with Gasteiger partial charge in [-0.3, -0.25) is 4.79 Å². The Morgan fingerprint density at radius 3 is 2.66 bits per heavy atom. The number of unbranched alkanes of at least 4 members (excludes halogenated alkanes) is 3. The molecule has 3 saturated heterocycles. The Morgan fingerprint density at radius 2 is 1.97 bits per heavy atom. The van der Waals surface area contributed by atoms with E-state index in [0.29, 0.717) is 12.0 Å². The van der Waals surface area contributed by atoms with Gasteiger partial charge < -0.3 is 34.3 Å². The van der Waals surface area contributed by atoms with Gasteiger partial charge in [0, 0.05) is 17.9 Å². The lowest BCUT2D eigenvalue weighted by molar-refractivity contribution is -0.406. The van der Waals surface area contributed by atoms with Crippen LogP contribution in [0.4, 0.5) is 0 Å². The summed E-state index contributed by atoms with van der Waals surface area (Å²) < 4.78 is 26.3. The predicted molar refractivity (Wildman–Crippen MR) is 138 cm³/mol. The molecule has 2 unspecified atom stereocenters. The van der Waals surface area contributed by atoms with Crippen LogP contribution in [0.5, 0.6) is 0 Å². The van der Waals surface area contributed by atoms with Gasteiger partial charge in [0.05, 0.1) is 12.2 Å². The number of rotatable bonds is 8. The highest BCUT2D eigenvalue weighted by Crippen LogP contribution is 2.72. The minimum atomic E-state index is -2.21. The van der Waals surface area contributed by atoms with Gasteiger partial charge in [-0.2, -0.15) is 0 Å². The molecule has 38 heavy (non-hydrogen) atoms. The molecule has 5 fully saturated rings. The minimum Gasteiger partial charge on any atom is -0.393 e. The monoisotopic (exact) mass is 528 g/mol. The van der Waals surface area contributed by atoms with Crippen LogP contribution in [0, 0.1) is 17.8 Å². The van der Waals surface area contributed by atoms with Gasteiger partial charge in [-0.25, -0.2) is 0 Å². The molecule has 0 radical (unpaired) electrons. The van der Waals surface area contributed by atoms with Gasteiger partial charge in [-0.1, -0.05) is 57.6 Å². The zero-order valence-corrected chi connectivity index (χ0v) is 22.7. The smallest absolute Gasteiger partial charge is 0.306 e. The number of aliphatic hydroxyl groups is 3. The van der Waals surface area contributed by atoms with E-state index in [-0.39, 0.29) is 5.92 Å². The van der Waals surface area contributed by atoms with E-state index in [4.69, 9.17) is 18.9 Å². The molecule has 3 bridgehead atoms. The summed E-state index contributed by atoms with van der Waals surface area (Å²) in [6.07, 6.45) is 11.4. The molecule has 6 rings (SSSR count). The standard InChI is InChI=1S/C30H40O8/c1-6-7-8-9-10-11-12-13-28-36-23-21-24-27(16-31,35-24)25(33)29(34)20(14-18(4)22(29)32)30(21,38-28)19(5)15-26(23,37-28)17(2)3/h10-14,19-21,23-25,31,33-34H,2,6-9,15-16H2,1,3-5H3/b11-10+,13-12+/t19-,20-,21-,23-,24+,25-,26-,27+,28?,29-,30?/m1/s1. The fraction of sp³-hybridized carbons (Fsp3) is 0.700. The molecule has 3 heterocycles. The number of allylic oxidation sites excluding steroid dienone is 3. The van der Waals surface area contributed by atoms with Crippen molar-refractivity contribution in [3.8, 4) is 0 Å². The van der Waals surface area contributed by atoms with Crippen LogP contribution < -0.4 is 0 Å². The molecule has 6 aliphatic rings. The molecule has 8 nitrogen and oxygen atoms in total. The van der Waals surface area contributed by atoms with Crippen molar-refractivity contribution in [2.75, 3.05) is 6.61 Å². The van der Waals surface area contributed by atoms with Gasteiger partial charge in [0.2, 0.25) is 0 Å². The first-order chi connectivity index (χ1) is 18.0. The van der Waals surface area contributed by atoms with Crippen LogP contribution in [-0.4, -0.2) is 74.4 Å². The highest BCUT2D eigenvalue weighted by molar-refractivity contribution is 6.05. The Morgan fingerprint density at radius 1 is 1.21 bits per heavy atom. The molecule has 0 spiro atoms. The molecule has 3 aliphatic heterocycles. The molecule has 11 atom stereocenters. The first kappa shape index (κ1) is 26.6. The van der Waals surface area contributed by atoms with Crippen molar-refractivity contribution in [2.45, 2.75) is 106 Å². The number of ether oxygens (including phenoxy) is 4. The number of hydrogen-bond acceptors (Lipinski definition) is 8. The summed E-state index contributed by atoms with van der Waals surface area (Å²) in [6.45, 7) is 11.5. The highest BCUT2D eigenvalue weighted by atomic mass is 16.9. The third kappa shape index (κ3) is 3.03. The van der Waals surface area contributed by atoms with E-state index < -0.39 is 70.9 Å². The van der Waals surface area contributed by atoms with E-state index in [9.17, 15) is 20.1 Å². The summed E-state index contributed by atoms with van der Waals surface area (Å²) >= 11 is 0. The summed E-state index contributed by atoms with van der Waals surface area (Å²) in [5.41, 5.74) is -4.66. The second-order valence-electron chi connectivity index (χ2n) is 12.3. The van der Waals surface area contributed by atoms with E-state index in [2.05, 4.69) is 19.6 Å². The lowest BCUT2D eigenvalue weighted by atomic mass is 9.54. The Hall–Kier alpha value is -1.65. The van der Waals surface area contributed by atoms with E-state index >= 15 is 0 Å². The fourth-order valence-electron chi connectivity index (χ4n) is 8.28. The first-order valence-electron chi connectivity index (χ1n) is 14.0. The average Bonchev–Trinajstić information content (AvgIpc) is 3.52. The van der Waals surface area contributed by atoms with Crippen LogP contribution in [0.25, 0.3) is 0 Å². The van der Waals surface area contributed by atoms with Gasteiger partial charge in [-0.15, -0.1) is 0 Å². The summed E-state index contributed by atoms with van der Waals surface area (Å²) in [5.74, 6) is -3.79. The van der Waals surface area contributed by atoms with Crippen molar-refractivity contribution in [3.05, 3.63) is 48.1 Å². The average molecular weight is 529 g/mol. The Kier molecular flexibility index (Phi) is 5.89. The number of carbonyl (C=O) groups is 1. The molecular weight excluding hydrogens is 488 g/mol. The predicted octanol–water partition coefficient (Wildman–Crippen LogP) is 2.87. The molecule has 0 aromatic heterocycles. The summed E-state index contributed by atoms with van der Waals surface area (Å²) in [7, 11) is 0. The van der Waals surface area contributed by atoms with Crippen LogP contribution in [0.15, 0.2) is 48.1 Å². The zero-order valence-electron chi connectivity index (χ0n) is 22.7. The lowest BCUT2D eigenvalue weighted by Gasteiger charge is -2.59. The van der Waals surface area contributed by atoms with Crippen molar-refractivity contribution in [1.29, 1.82) is 0 Å². The van der Waals surface area contributed by atoms with Crippen molar-refractivity contribution in [1.82, 2.24) is 0 Å². The normalized spacial score (nSPS) is 52.2.